The van der Waals surface area contributed by atoms with Gasteiger partial charge in [0.2, 0.25) is 0 Å². The summed E-state index contributed by atoms with van der Waals surface area (Å²) in [5.74, 6) is 0. The van der Waals surface area contributed by atoms with Crippen LogP contribution in [-0.2, 0) is 0 Å². The molecule has 18 heavy (non-hydrogen) atoms. The molecule has 0 aromatic rings. The van der Waals surface area contributed by atoms with Crippen molar-refractivity contribution in [2.75, 3.05) is 26.2 Å². The van der Waals surface area contributed by atoms with Crippen LogP contribution in [0.25, 0.3) is 0 Å². The lowest BCUT2D eigenvalue weighted by Crippen LogP contribution is -2.47. The van der Waals surface area contributed by atoms with Crippen LogP contribution in [0, 0.1) is 10.8 Å². The molecule has 1 unspecified atom stereocenters. The molecule has 1 N–H and O–H groups in total. The predicted molar refractivity (Wildman–Crippen MR) is 78.9 cm³/mol. The molecule has 2 aliphatic rings. The quantitative estimate of drug-likeness (QED) is 0.811. The van der Waals surface area contributed by atoms with Crippen molar-refractivity contribution in [3.63, 3.8) is 0 Å². The normalized spacial score (nSPS) is 30.3. The zero-order chi connectivity index (χ0) is 13.2. The van der Waals surface area contributed by atoms with Gasteiger partial charge in [-0.2, -0.15) is 0 Å². The number of hydrogen-bond acceptors (Lipinski definition) is 2. The second kappa shape index (κ2) is 5.50. The van der Waals surface area contributed by atoms with Crippen molar-refractivity contribution in [2.45, 2.75) is 65.8 Å². The van der Waals surface area contributed by atoms with E-state index in [9.17, 15) is 0 Å². The molecule has 0 spiro atoms. The Bertz CT molecular complexity index is 261. The maximum Gasteiger partial charge on any atom is 0.0243 e. The molecule has 1 aliphatic carbocycles. The summed E-state index contributed by atoms with van der Waals surface area (Å²) in [7, 11) is 0. The van der Waals surface area contributed by atoms with Crippen molar-refractivity contribution in [1.82, 2.24) is 10.2 Å². The van der Waals surface area contributed by atoms with Crippen LogP contribution >= 0.6 is 0 Å². The van der Waals surface area contributed by atoms with E-state index in [0.717, 1.165) is 0 Å². The van der Waals surface area contributed by atoms with Gasteiger partial charge in [0.1, 0.15) is 0 Å². The molecule has 1 aliphatic heterocycles. The lowest BCUT2D eigenvalue weighted by molar-refractivity contribution is 0.140. The molecule has 1 saturated carbocycles. The fourth-order valence-electron chi connectivity index (χ4n) is 3.64. The van der Waals surface area contributed by atoms with E-state index in [2.05, 4.69) is 37.9 Å². The van der Waals surface area contributed by atoms with E-state index in [0.29, 0.717) is 16.9 Å². The highest BCUT2D eigenvalue weighted by Crippen LogP contribution is 2.38. The first kappa shape index (κ1) is 14.3. The Hall–Kier alpha value is -0.0800. The highest BCUT2D eigenvalue weighted by atomic mass is 15.2. The summed E-state index contributed by atoms with van der Waals surface area (Å²) in [6, 6.07) is 0.644. The van der Waals surface area contributed by atoms with Gasteiger partial charge in [0.05, 0.1) is 0 Å². The fourth-order valence-corrected chi connectivity index (χ4v) is 3.64. The third-order valence-corrected chi connectivity index (χ3v) is 4.94. The Kier molecular flexibility index (Phi) is 4.38. The molecule has 2 heteroatoms. The maximum absolute atomic E-state index is 3.75. The van der Waals surface area contributed by atoms with Gasteiger partial charge in [0, 0.05) is 19.1 Å². The highest BCUT2D eigenvalue weighted by Gasteiger charge is 2.34. The summed E-state index contributed by atoms with van der Waals surface area (Å²) in [4.78, 5) is 2.74. The van der Waals surface area contributed by atoms with E-state index in [1.807, 2.05) is 0 Å². The van der Waals surface area contributed by atoms with Gasteiger partial charge >= 0.3 is 0 Å². The molecule has 0 aromatic heterocycles. The number of nitrogens with zero attached hydrogens (tertiary/aromatic N) is 1. The summed E-state index contributed by atoms with van der Waals surface area (Å²) < 4.78 is 0. The zero-order valence-electron chi connectivity index (χ0n) is 12.9. The van der Waals surface area contributed by atoms with E-state index in [1.165, 1.54) is 58.3 Å². The van der Waals surface area contributed by atoms with E-state index < -0.39 is 0 Å². The Balaban J connectivity index is 1.95. The topological polar surface area (TPSA) is 15.3 Å². The number of nitrogens with one attached hydrogen (secondary N) is 1. The summed E-state index contributed by atoms with van der Waals surface area (Å²) in [5.41, 5.74) is 0.978. The molecule has 1 saturated heterocycles. The molecule has 2 rings (SSSR count). The standard InChI is InChI=1S/C16H32N2/c1-15(2,3)14-12-18(11-7-10-17-14)13-16(4)8-5-6-9-16/h14,17H,5-13H2,1-4H3. The first-order valence-electron chi connectivity index (χ1n) is 7.85. The molecule has 106 valence electrons. The van der Waals surface area contributed by atoms with Gasteiger partial charge in [0.15, 0.2) is 0 Å². The van der Waals surface area contributed by atoms with Crippen LogP contribution in [0.3, 0.4) is 0 Å². The van der Waals surface area contributed by atoms with Gasteiger partial charge in [-0.25, -0.2) is 0 Å². The maximum atomic E-state index is 3.75. The Labute approximate surface area is 114 Å². The monoisotopic (exact) mass is 252 g/mol. The summed E-state index contributed by atoms with van der Waals surface area (Å²) >= 11 is 0. The van der Waals surface area contributed by atoms with Gasteiger partial charge in [-0.1, -0.05) is 40.5 Å². The minimum atomic E-state index is 0.374. The van der Waals surface area contributed by atoms with Gasteiger partial charge < -0.3 is 10.2 Å². The first-order chi connectivity index (χ1) is 8.39. The summed E-state index contributed by atoms with van der Waals surface area (Å²) in [5, 5.41) is 3.75. The van der Waals surface area contributed by atoms with Crippen molar-refractivity contribution in [3.05, 3.63) is 0 Å². The second-order valence-electron chi connectivity index (χ2n) is 7.98. The van der Waals surface area contributed by atoms with Crippen molar-refractivity contribution in [1.29, 1.82) is 0 Å². The molecule has 2 nitrogen and oxygen atoms in total. The average Bonchev–Trinajstić information content (AvgIpc) is 2.54. The number of hydrogen-bond donors (Lipinski definition) is 1. The zero-order valence-corrected chi connectivity index (χ0v) is 12.9. The van der Waals surface area contributed by atoms with Crippen LogP contribution < -0.4 is 5.32 Å². The minimum Gasteiger partial charge on any atom is -0.312 e. The van der Waals surface area contributed by atoms with Crippen LogP contribution in [0.15, 0.2) is 0 Å². The molecule has 1 atom stereocenters. The fraction of sp³-hybridized carbons (Fsp3) is 1.00. The van der Waals surface area contributed by atoms with Crippen molar-refractivity contribution in [3.8, 4) is 0 Å². The van der Waals surface area contributed by atoms with Crippen LogP contribution in [0.2, 0.25) is 0 Å². The highest BCUT2D eigenvalue weighted by molar-refractivity contribution is 4.89. The van der Waals surface area contributed by atoms with Crippen LogP contribution in [0.5, 0.6) is 0 Å². The SMILES string of the molecule is CC1(CN2CCCNC(C(C)(C)C)C2)CCCC1. The van der Waals surface area contributed by atoms with Crippen LogP contribution in [0.1, 0.15) is 59.8 Å². The molecular formula is C16H32N2. The third-order valence-electron chi connectivity index (χ3n) is 4.94. The van der Waals surface area contributed by atoms with Crippen molar-refractivity contribution in [2.24, 2.45) is 10.8 Å². The molecule has 1 heterocycles. The molecular weight excluding hydrogens is 220 g/mol. The van der Waals surface area contributed by atoms with Crippen molar-refractivity contribution >= 4 is 0 Å². The van der Waals surface area contributed by atoms with Crippen molar-refractivity contribution < 1.29 is 0 Å². The largest absolute Gasteiger partial charge is 0.312 e. The molecule has 2 fully saturated rings. The average molecular weight is 252 g/mol. The van der Waals surface area contributed by atoms with E-state index in [1.54, 1.807) is 0 Å². The Morgan fingerprint density at radius 3 is 2.44 bits per heavy atom. The molecule has 0 amide bonds. The molecule has 0 aromatic carbocycles. The van der Waals surface area contributed by atoms with Gasteiger partial charge in [-0.3, -0.25) is 0 Å². The number of rotatable bonds is 2. The Morgan fingerprint density at radius 1 is 1.17 bits per heavy atom. The van der Waals surface area contributed by atoms with E-state index in [-0.39, 0.29) is 0 Å². The lowest BCUT2D eigenvalue weighted by Gasteiger charge is -2.37. The smallest absolute Gasteiger partial charge is 0.0243 e. The first-order valence-corrected chi connectivity index (χ1v) is 7.85. The summed E-state index contributed by atoms with van der Waals surface area (Å²) in [6.45, 7) is 14.6. The predicted octanol–water partition coefficient (Wildman–Crippen LogP) is 3.28. The van der Waals surface area contributed by atoms with Gasteiger partial charge in [-0.05, 0) is 43.2 Å². The molecule has 0 bridgehead atoms. The van der Waals surface area contributed by atoms with E-state index >= 15 is 0 Å². The summed E-state index contributed by atoms with van der Waals surface area (Å²) in [6.07, 6.45) is 7.09. The molecule has 0 radical (unpaired) electrons. The lowest BCUT2D eigenvalue weighted by atomic mass is 9.85. The third kappa shape index (κ3) is 3.71. The second-order valence-corrected chi connectivity index (χ2v) is 7.98. The van der Waals surface area contributed by atoms with E-state index in [4.69, 9.17) is 0 Å². The van der Waals surface area contributed by atoms with Gasteiger partial charge in [0.25, 0.3) is 0 Å². The van der Waals surface area contributed by atoms with Crippen LogP contribution in [-0.4, -0.2) is 37.1 Å². The van der Waals surface area contributed by atoms with Crippen LogP contribution in [0.4, 0.5) is 0 Å². The van der Waals surface area contributed by atoms with Gasteiger partial charge in [-0.15, -0.1) is 0 Å². The Morgan fingerprint density at radius 2 is 1.83 bits per heavy atom. The minimum absolute atomic E-state index is 0.374.